The van der Waals surface area contributed by atoms with Gasteiger partial charge in [0.05, 0.1) is 0 Å². The van der Waals surface area contributed by atoms with Gasteiger partial charge in [0.2, 0.25) is 0 Å². The predicted molar refractivity (Wildman–Crippen MR) is 112 cm³/mol. The van der Waals surface area contributed by atoms with Gasteiger partial charge >= 0.3 is 6.36 Å². The van der Waals surface area contributed by atoms with Crippen molar-refractivity contribution in [3.8, 4) is 16.9 Å². The Labute approximate surface area is 171 Å². The Kier molecular flexibility index (Phi) is 7.38. The van der Waals surface area contributed by atoms with Crippen LogP contribution in [-0.2, 0) is 0 Å². The Morgan fingerprint density at radius 2 is 1.69 bits per heavy atom. The molecular formula is C23H28F4OSi. The lowest BCUT2D eigenvalue weighted by Gasteiger charge is -2.28. The van der Waals surface area contributed by atoms with E-state index in [1.54, 1.807) is 12.1 Å². The summed E-state index contributed by atoms with van der Waals surface area (Å²) in [7, 11) is -0.597. The fourth-order valence-corrected chi connectivity index (χ4v) is 7.80. The Morgan fingerprint density at radius 1 is 1.00 bits per heavy atom. The molecule has 1 saturated heterocycles. The molecule has 0 N–H and O–H groups in total. The number of hydrogen-bond acceptors (Lipinski definition) is 1. The highest BCUT2D eigenvalue weighted by Crippen LogP contribution is 2.37. The van der Waals surface area contributed by atoms with E-state index in [2.05, 4.69) is 11.7 Å². The van der Waals surface area contributed by atoms with Gasteiger partial charge in [0.25, 0.3) is 0 Å². The van der Waals surface area contributed by atoms with Gasteiger partial charge in [-0.2, -0.15) is 0 Å². The average Bonchev–Trinajstić information content (AvgIpc) is 2.68. The Hall–Kier alpha value is -1.82. The lowest BCUT2D eigenvalue weighted by Crippen LogP contribution is -2.20. The Balaban J connectivity index is 1.62. The first-order chi connectivity index (χ1) is 13.9. The van der Waals surface area contributed by atoms with Crippen molar-refractivity contribution in [3.63, 3.8) is 0 Å². The third-order valence-electron chi connectivity index (χ3n) is 5.93. The van der Waals surface area contributed by atoms with Crippen LogP contribution in [0.3, 0.4) is 0 Å². The topological polar surface area (TPSA) is 9.23 Å². The molecule has 0 saturated carbocycles. The van der Waals surface area contributed by atoms with Crippen LogP contribution in [0.2, 0.25) is 18.1 Å². The van der Waals surface area contributed by atoms with Crippen molar-refractivity contribution in [2.75, 3.05) is 0 Å². The van der Waals surface area contributed by atoms with Crippen LogP contribution in [0.25, 0.3) is 11.1 Å². The molecule has 0 unspecified atom stereocenters. The molecule has 0 aliphatic carbocycles. The van der Waals surface area contributed by atoms with Crippen molar-refractivity contribution < 1.29 is 22.3 Å². The van der Waals surface area contributed by atoms with Gasteiger partial charge in [0.1, 0.15) is 11.6 Å². The molecule has 2 aromatic carbocycles. The van der Waals surface area contributed by atoms with Crippen LogP contribution in [0.5, 0.6) is 5.75 Å². The minimum Gasteiger partial charge on any atom is -0.406 e. The number of halogens is 4. The first-order valence-electron chi connectivity index (χ1n) is 10.5. The summed E-state index contributed by atoms with van der Waals surface area (Å²) in [6.45, 7) is 2.24. The summed E-state index contributed by atoms with van der Waals surface area (Å²) in [6, 6.07) is 14.8. The molecule has 0 spiro atoms. The molecule has 0 aromatic heterocycles. The van der Waals surface area contributed by atoms with Gasteiger partial charge in [-0.1, -0.05) is 68.6 Å². The van der Waals surface area contributed by atoms with Crippen LogP contribution in [0.4, 0.5) is 17.6 Å². The van der Waals surface area contributed by atoms with Gasteiger partial charge in [-0.15, -0.1) is 13.2 Å². The van der Waals surface area contributed by atoms with Gasteiger partial charge in [-0.25, -0.2) is 4.39 Å². The first kappa shape index (κ1) is 21.9. The molecule has 1 aliphatic heterocycles. The maximum absolute atomic E-state index is 14.7. The van der Waals surface area contributed by atoms with Crippen molar-refractivity contribution in [2.24, 2.45) is 0 Å². The highest BCUT2D eigenvalue weighted by Gasteiger charge is 2.31. The molecule has 1 fully saturated rings. The maximum atomic E-state index is 14.7. The van der Waals surface area contributed by atoms with Crippen molar-refractivity contribution >= 4 is 8.80 Å². The third kappa shape index (κ3) is 6.33. The second kappa shape index (κ2) is 9.79. The summed E-state index contributed by atoms with van der Waals surface area (Å²) >= 11 is 0. The van der Waals surface area contributed by atoms with E-state index in [4.69, 9.17) is 0 Å². The minimum absolute atomic E-state index is 0.307. The summed E-state index contributed by atoms with van der Waals surface area (Å²) in [5, 5.41) is 0. The molecule has 1 aliphatic rings. The van der Waals surface area contributed by atoms with E-state index in [1.807, 2.05) is 6.07 Å². The van der Waals surface area contributed by atoms with E-state index in [1.165, 1.54) is 61.7 Å². The molecule has 0 bridgehead atoms. The van der Waals surface area contributed by atoms with Crippen LogP contribution in [0, 0.1) is 5.82 Å². The SMILES string of the molecule is CCCCC[SiH]1CCC(c2ccc(-c3ccc(OC(F)(F)F)cc3)c(F)c2)CC1. The standard InChI is InChI=1S/C23H28F4OSi/c1-2-3-4-13-29-14-11-17(12-15-29)19-7-10-21(22(24)16-19)18-5-8-20(9-6-18)28-23(25,26)27/h5-10,16-17,29H,2-4,11-15H2,1H3. The second-order valence-corrected chi connectivity index (χ2v) is 11.5. The number of unbranched alkanes of at least 4 members (excludes halogenated alkanes) is 2. The molecule has 158 valence electrons. The molecule has 29 heavy (non-hydrogen) atoms. The highest BCUT2D eigenvalue weighted by molar-refractivity contribution is 6.59. The molecule has 1 nitrogen and oxygen atoms in total. The third-order valence-corrected chi connectivity index (χ3v) is 9.45. The van der Waals surface area contributed by atoms with Crippen molar-refractivity contribution in [1.82, 2.24) is 0 Å². The molecule has 3 rings (SSSR count). The summed E-state index contributed by atoms with van der Waals surface area (Å²) in [5.74, 6) is -0.205. The highest BCUT2D eigenvalue weighted by atomic mass is 28.3. The predicted octanol–water partition coefficient (Wildman–Crippen LogP) is 7.69. The van der Waals surface area contributed by atoms with E-state index in [-0.39, 0.29) is 11.6 Å². The summed E-state index contributed by atoms with van der Waals surface area (Å²) < 4.78 is 55.4. The molecular weight excluding hydrogens is 396 g/mol. The number of ether oxygens (including phenoxy) is 1. The maximum Gasteiger partial charge on any atom is 0.573 e. The largest absolute Gasteiger partial charge is 0.573 e. The summed E-state index contributed by atoms with van der Waals surface area (Å²) in [5.41, 5.74) is 1.98. The first-order valence-corrected chi connectivity index (χ1v) is 13.0. The zero-order chi connectivity index (χ0) is 20.9. The van der Waals surface area contributed by atoms with Gasteiger partial charge in [-0.05, 0) is 48.1 Å². The summed E-state index contributed by atoms with van der Waals surface area (Å²) in [6.07, 6.45) is 1.56. The van der Waals surface area contributed by atoms with Crippen molar-refractivity contribution in [1.29, 1.82) is 0 Å². The Morgan fingerprint density at radius 3 is 2.28 bits per heavy atom. The summed E-state index contributed by atoms with van der Waals surface area (Å²) in [4.78, 5) is 0. The number of hydrogen-bond donors (Lipinski definition) is 0. The molecule has 6 heteroatoms. The fraction of sp³-hybridized carbons (Fsp3) is 0.478. The normalized spacial score (nSPS) is 19.9. The van der Waals surface area contributed by atoms with Gasteiger partial charge in [0.15, 0.2) is 0 Å². The minimum atomic E-state index is -4.73. The van der Waals surface area contributed by atoms with E-state index < -0.39 is 15.2 Å². The lowest BCUT2D eigenvalue weighted by molar-refractivity contribution is -0.274. The number of alkyl halides is 3. The molecule has 1 heterocycles. The molecule has 0 atom stereocenters. The van der Waals surface area contributed by atoms with E-state index in [9.17, 15) is 17.6 Å². The van der Waals surface area contributed by atoms with Crippen LogP contribution in [0.1, 0.15) is 50.5 Å². The smallest absolute Gasteiger partial charge is 0.406 e. The van der Waals surface area contributed by atoms with E-state index in [0.717, 1.165) is 18.4 Å². The van der Waals surface area contributed by atoms with Crippen molar-refractivity contribution in [2.45, 2.75) is 69.4 Å². The second-order valence-electron chi connectivity index (χ2n) is 8.02. The fourth-order valence-electron chi connectivity index (χ4n) is 4.32. The van der Waals surface area contributed by atoms with Crippen LogP contribution < -0.4 is 4.74 Å². The monoisotopic (exact) mass is 424 g/mol. The zero-order valence-corrected chi connectivity index (χ0v) is 17.9. The molecule has 0 amide bonds. The van der Waals surface area contributed by atoms with Gasteiger partial charge in [0, 0.05) is 14.4 Å². The van der Waals surface area contributed by atoms with Crippen LogP contribution >= 0.6 is 0 Å². The van der Waals surface area contributed by atoms with Crippen LogP contribution in [0.15, 0.2) is 42.5 Å². The lowest BCUT2D eigenvalue weighted by atomic mass is 9.91. The van der Waals surface area contributed by atoms with Gasteiger partial charge in [-0.3, -0.25) is 0 Å². The Bertz CT molecular complexity index is 780. The molecule has 2 aromatic rings. The average molecular weight is 425 g/mol. The van der Waals surface area contributed by atoms with E-state index in [0.29, 0.717) is 17.0 Å². The van der Waals surface area contributed by atoms with Crippen molar-refractivity contribution in [3.05, 3.63) is 53.8 Å². The van der Waals surface area contributed by atoms with Crippen LogP contribution in [-0.4, -0.2) is 15.2 Å². The number of rotatable bonds is 7. The molecule has 0 radical (unpaired) electrons. The quantitative estimate of drug-likeness (QED) is 0.251. The zero-order valence-electron chi connectivity index (χ0n) is 16.8. The number of benzene rings is 2. The van der Waals surface area contributed by atoms with E-state index >= 15 is 0 Å². The van der Waals surface area contributed by atoms with Gasteiger partial charge < -0.3 is 4.74 Å².